The standard InChI is InChI=1S/C17H20BrN3O4/c1-21-10-12(18)9-13(21)17(23)20-19-16(22)7-5-11-4-6-14(24-2)15(8-11)25-3/h4,6,8-10H,5,7H2,1-3H3,(H,19,22)(H,20,23). The highest BCUT2D eigenvalue weighted by molar-refractivity contribution is 9.10. The van der Waals surface area contributed by atoms with E-state index in [9.17, 15) is 9.59 Å². The Hall–Kier alpha value is -2.48. The first-order valence-corrected chi connectivity index (χ1v) is 8.36. The number of halogens is 1. The number of rotatable bonds is 6. The zero-order valence-electron chi connectivity index (χ0n) is 14.3. The monoisotopic (exact) mass is 409 g/mol. The van der Waals surface area contributed by atoms with Gasteiger partial charge in [-0.15, -0.1) is 0 Å². The third-order valence-corrected chi connectivity index (χ3v) is 4.04. The van der Waals surface area contributed by atoms with Crippen LogP contribution in [0.2, 0.25) is 0 Å². The summed E-state index contributed by atoms with van der Waals surface area (Å²) in [6, 6.07) is 7.16. The summed E-state index contributed by atoms with van der Waals surface area (Å²) in [7, 11) is 4.88. The summed E-state index contributed by atoms with van der Waals surface area (Å²) >= 11 is 3.30. The second kappa shape index (κ2) is 8.57. The number of ether oxygens (including phenoxy) is 2. The van der Waals surface area contributed by atoms with Crippen LogP contribution in [0.4, 0.5) is 0 Å². The fourth-order valence-electron chi connectivity index (χ4n) is 2.30. The van der Waals surface area contributed by atoms with Crippen LogP contribution in [0.15, 0.2) is 34.9 Å². The van der Waals surface area contributed by atoms with E-state index in [-0.39, 0.29) is 18.2 Å². The van der Waals surface area contributed by atoms with E-state index in [1.54, 1.807) is 44.2 Å². The van der Waals surface area contributed by atoms with E-state index in [1.807, 2.05) is 12.1 Å². The number of aryl methyl sites for hydroxylation is 2. The van der Waals surface area contributed by atoms with Gasteiger partial charge in [-0.05, 0) is 46.1 Å². The first-order valence-electron chi connectivity index (χ1n) is 7.56. The molecular formula is C17H20BrN3O4. The van der Waals surface area contributed by atoms with Gasteiger partial charge >= 0.3 is 0 Å². The molecule has 2 aromatic rings. The van der Waals surface area contributed by atoms with Gasteiger partial charge in [-0.25, -0.2) is 0 Å². The van der Waals surface area contributed by atoms with Gasteiger partial charge in [0.25, 0.3) is 5.91 Å². The second-order valence-corrected chi connectivity index (χ2v) is 6.26. The normalized spacial score (nSPS) is 10.2. The van der Waals surface area contributed by atoms with Gasteiger partial charge in [-0.2, -0.15) is 0 Å². The number of hydrogen-bond acceptors (Lipinski definition) is 4. The number of hydrazine groups is 1. The highest BCUT2D eigenvalue weighted by Gasteiger charge is 2.12. The summed E-state index contributed by atoms with van der Waals surface area (Å²) in [4.78, 5) is 23.9. The van der Waals surface area contributed by atoms with E-state index >= 15 is 0 Å². The molecule has 0 saturated heterocycles. The van der Waals surface area contributed by atoms with Crippen molar-refractivity contribution in [2.45, 2.75) is 12.8 Å². The predicted octanol–water partition coefficient (Wildman–Crippen LogP) is 2.20. The predicted molar refractivity (Wildman–Crippen MR) is 96.6 cm³/mol. The molecule has 0 aliphatic heterocycles. The average Bonchev–Trinajstić information content (AvgIpc) is 2.95. The molecule has 1 aromatic heterocycles. The molecule has 2 amide bonds. The van der Waals surface area contributed by atoms with Crippen molar-refractivity contribution in [3.05, 3.63) is 46.2 Å². The Bertz CT molecular complexity index is 773. The summed E-state index contributed by atoms with van der Waals surface area (Å²) in [6.07, 6.45) is 2.50. The molecular weight excluding hydrogens is 390 g/mol. The lowest BCUT2D eigenvalue weighted by Crippen LogP contribution is -2.42. The van der Waals surface area contributed by atoms with Crippen molar-refractivity contribution in [2.24, 2.45) is 7.05 Å². The van der Waals surface area contributed by atoms with Gasteiger partial charge in [-0.3, -0.25) is 20.4 Å². The van der Waals surface area contributed by atoms with E-state index < -0.39 is 0 Å². The first kappa shape index (κ1) is 18.9. The maximum Gasteiger partial charge on any atom is 0.286 e. The van der Waals surface area contributed by atoms with Crippen molar-refractivity contribution in [1.29, 1.82) is 0 Å². The van der Waals surface area contributed by atoms with E-state index in [4.69, 9.17) is 9.47 Å². The highest BCUT2D eigenvalue weighted by atomic mass is 79.9. The lowest BCUT2D eigenvalue weighted by atomic mass is 10.1. The van der Waals surface area contributed by atoms with Crippen LogP contribution in [0.5, 0.6) is 11.5 Å². The van der Waals surface area contributed by atoms with Crippen molar-refractivity contribution in [3.63, 3.8) is 0 Å². The van der Waals surface area contributed by atoms with Crippen LogP contribution in [0.1, 0.15) is 22.5 Å². The van der Waals surface area contributed by atoms with Crippen LogP contribution < -0.4 is 20.3 Å². The molecule has 0 spiro atoms. The van der Waals surface area contributed by atoms with Gasteiger partial charge in [0, 0.05) is 24.1 Å². The number of amides is 2. The first-order chi connectivity index (χ1) is 11.9. The zero-order chi connectivity index (χ0) is 18.4. The summed E-state index contributed by atoms with van der Waals surface area (Å²) in [5.41, 5.74) is 6.19. The number of benzene rings is 1. The second-order valence-electron chi connectivity index (χ2n) is 5.35. The molecule has 0 aliphatic rings. The summed E-state index contributed by atoms with van der Waals surface area (Å²) in [5.74, 6) is 0.587. The third-order valence-electron chi connectivity index (χ3n) is 3.61. The highest BCUT2D eigenvalue weighted by Crippen LogP contribution is 2.27. The van der Waals surface area contributed by atoms with Crippen molar-refractivity contribution in [3.8, 4) is 11.5 Å². The van der Waals surface area contributed by atoms with E-state index in [0.29, 0.717) is 23.6 Å². The maximum atomic E-state index is 12.0. The molecule has 7 nitrogen and oxygen atoms in total. The zero-order valence-corrected chi connectivity index (χ0v) is 15.8. The Morgan fingerprint density at radius 1 is 1.12 bits per heavy atom. The van der Waals surface area contributed by atoms with E-state index in [2.05, 4.69) is 26.8 Å². The minimum absolute atomic E-state index is 0.229. The minimum Gasteiger partial charge on any atom is -0.493 e. The molecule has 8 heteroatoms. The smallest absolute Gasteiger partial charge is 0.286 e. The molecule has 2 N–H and O–H groups in total. The number of carbonyl (C=O) groups excluding carboxylic acids is 2. The number of methoxy groups -OCH3 is 2. The molecule has 1 aromatic carbocycles. The molecule has 0 bridgehead atoms. The van der Waals surface area contributed by atoms with Crippen LogP contribution >= 0.6 is 15.9 Å². The fraction of sp³-hybridized carbons (Fsp3) is 0.294. The molecule has 134 valence electrons. The topological polar surface area (TPSA) is 81.6 Å². The minimum atomic E-state index is -0.382. The molecule has 0 radical (unpaired) electrons. The summed E-state index contributed by atoms with van der Waals surface area (Å²) < 4.78 is 12.9. The summed E-state index contributed by atoms with van der Waals surface area (Å²) in [5, 5.41) is 0. The Morgan fingerprint density at radius 3 is 2.44 bits per heavy atom. The lowest BCUT2D eigenvalue weighted by Gasteiger charge is -2.10. The van der Waals surface area contributed by atoms with Crippen LogP contribution in [-0.2, 0) is 18.3 Å². The van der Waals surface area contributed by atoms with E-state index in [0.717, 1.165) is 10.0 Å². The molecule has 2 rings (SSSR count). The largest absolute Gasteiger partial charge is 0.493 e. The van der Waals surface area contributed by atoms with Crippen LogP contribution in [0, 0.1) is 0 Å². The Morgan fingerprint density at radius 2 is 1.84 bits per heavy atom. The number of hydrogen-bond donors (Lipinski definition) is 2. The van der Waals surface area contributed by atoms with Crippen molar-refractivity contribution in [2.75, 3.05) is 14.2 Å². The summed E-state index contributed by atoms with van der Waals surface area (Å²) in [6.45, 7) is 0. The van der Waals surface area contributed by atoms with Gasteiger partial charge in [0.15, 0.2) is 11.5 Å². The van der Waals surface area contributed by atoms with Crippen molar-refractivity contribution in [1.82, 2.24) is 15.4 Å². The maximum absolute atomic E-state index is 12.0. The van der Waals surface area contributed by atoms with Crippen LogP contribution in [0.25, 0.3) is 0 Å². The quantitative estimate of drug-likeness (QED) is 0.716. The third kappa shape index (κ3) is 4.99. The van der Waals surface area contributed by atoms with E-state index in [1.165, 1.54) is 0 Å². The molecule has 0 saturated carbocycles. The number of aromatic nitrogens is 1. The Labute approximate surface area is 154 Å². The van der Waals surface area contributed by atoms with Gasteiger partial charge in [0.2, 0.25) is 5.91 Å². The Kier molecular flexibility index (Phi) is 6.46. The molecule has 0 aliphatic carbocycles. The molecule has 0 fully saturated rings. The molecule has 0 unspecified atom stereocenters. The lowest BCUT2D eigenvalue weighted by molar-refractivity contribution is -0.121. The molecule has 1 heterocycles. The molecule has 0 atom stereocenters. The average molecular weight is 410 g/mol. The Balaban J connectivity index is 1.84. The van der Waals surface area contributed by atoms with Crippen LogP contribution in [-0.4, -0.2) is 30.6 Å². The number of nitrogens with one attached hydrogen (secondary N) is 2. The molecule has 25 heavy (non-hydrogen) atoms. The van der Waals surface area contributed by atoms with Gasteiger partial charge in [-0.1, -0.05) is 6.07 Å². The fourth-order valence-corrected chi connectivity index (χ4v) is 2.82. The number of carbonyl (C=O) groups is 2. The van der Waals surface area contributed by atoms with Crippen molar-refractivity contribution < 1.29 is 19.1 Å². The van der Waals surface area contributed by atoms with Gasteiger partial charge in [0.1, 0.15) is 5.69 Å². The SMILES string of the molecule is COc1ccc(CCC(=O)NNC(=O)c2cc(Br)cn2C)cc1OC. The van der Waals surface area contributed by atoms with Gasteiger partial charge in [0.05, 0.1) is 14.2 Å². The van der Waals surface area contributed by atoms with Crippen molar-refractivity contribution >= 4 is 27.7 Å². The van der Waals surface area contributed by atoms with Crippen LogP contribution in [0.3, 0.4) is 0 Å². The van der Waals surface area contributed by atoms with Gasteiger partial charge < -0.3 is 14.0 Å². The number of nitrogens with zero attached hydrogens (tertiary/aromatic N) is 1.